The van der Waals surface area contributed by atoms with Gasteiger partial charge in [-0.25, -0.2) is 4.79 Å². The topological polar surface area (TPSA) is 66.8 Å². The Kier molecular flexibility index (Phi) is 5.08. The first kappa shape index (κ1) is 18.6. The Morgan fingerprint density at radius 1 is 1.07 bits per heavy atom. The number of rotatable bonds is 5. The average Bonchev–Trinajstić information content (AvgIpc) is 3.54. The molecule has 2 aliphatic heterocycles. The number of Topliss-reactive ketones (excluding diaryl/α,β-unsaturated/α-hetero) is 1. The molecule has 5 nitrogen and oxygen atoms in total. The molecule has 1 saturated carbocycles. The number of carbonyl (C=O) groups excluding carboxylic acids is 1. The van der Waals surface area contributed by atoms with Crippen molar-refractivity contribution in [2.75, 3.05) is 19.7 Å². The van der Waals surface area contributed by atoms with Gasteiger partial charge >= 0.3 is 5.97 Å². The maximum atomic E-state index is 12.2. The van der Waals surface area contributed by atoms with Crippen molar-refractivity contribution in [2.45, 2.75) is 63.0 Å². The number of nitrogens with zero attached hydrogens (tertiary/aromatic N) is 1. The van der Waals surface area contributed by atoms with Gasteiger partial charge in [0.1, 0.15) is 5.60 Å². The van der Waals surface area contributed by atoms with Crippen LogP contribution in [-0.2, 0) is 9.53 Å². The van der Waals surface area contributed by atoms with E-state index >= 15 is 0 Å². The predicted octanol–water partition coefficient (Wildman–Crippen LogP) is 3.48. The van der Waals surface area contributed by atoms with E-state index in [4.69, 9.17) is 9.84 Å². The van der Waals surface area contributed by atoms with Gasteiger partial charge in [0.15, 0.2) is 5.78 Å². The number of ether oxygens (including phenoxy) is 1. The second kappa shape index (κ2) is 7.36. The number of carboxylic acid groups (broad SMARTS) is 1. The molecule has 5 heteroatoms. The van der Waals surface area contributed by atoms with Gasteiger partial charge in [0, 0.05) is 6.04 Å². The van der Waals surface area contributed by atoms with Gasteiger partial charge in [0.05, 0.1) is 12.2 Å². The Bertz CT molecular complexity index is 694. The molecule has 1 N–H and O–H groups in total. The fourth-order valence-corrected chi connectivity index (χ4v) is 5.00. The van der Waals surface area contributed by atoms with Crippen molar-refractivity contribution >= 4 is 11.8 Å². The third kappa shape index (κ3) is 3.67. The van der Waals surface area contributed by atoms with Crippen LogP contribution >= 0.6 is 0 Å². The molecule has 27 heavy (non-hydrogen) atoms. The first-order valence-corrected chi connectivity index (χ1v) is 10.2. The van der Waals surface area contributed by atoms with Crippen molar-refractivity contribution in [3.8, 4) is 0 Å². The lowest BCUT2D eigenvalue weighted by atomic mass is 9.83. The van der Waals surface area contributed by atoms with Crippen LogP contribution in [0.2, 0.25) is 0 Å². The monoisotopic (exact) mass is 371 g/mol. The first-order valence-electron chi connectivity index (χ1n) is 10.2. The highest BCUT2D eigenvalue weighted by molar-refractivity contribution is 5.87. The Morgan fingerprint density at radius 3 is 2.22 bits per heavy atom. The van der Waals surface area contributed by atoms with Gasteiger partial charge in [-0.15, -0.1) is 0 Å². The van der Waals surface area contributed by atoms with Crippen LogP contribution in [0.5, 0.6) is 0 Å². The van der Waals surface area contributed by atoms with Gasteiger partial charge in [-0.2, -0.15) is 0 Å². The normalized spacial score (nSPS) is 30.2. The summed E-state index contributed by atoms with van der Waals surface area (Å²) in [6.07, 6.45) is 6.36. The van der Waals surface area contributed by atoms with E-state index < -0.39 is 11.6 Å². The summed E-state index contributed by atoms with van der Waals surface area (Å²) in [7, 11) is 0. The molecule has 1 aliphatic carbocycles. The minimum atomic E-state index is -0.874. The summed E-state index contributed by atoms with van der Waals surface area (Å²) in [5, 5.41) is 9.03. The molecule has 1 aromatic carbocycles. The molecule has 3 aliphatic rings. The Morgan fingerprint density at radius 2 is 1.74 bits per heavy atom. The maximum Gasteiger partial charge on any atom is 0.335 e. The number of hydrogen-bond acceptors (Lipinski definition) is 4. The van der Waals surface area contributed by atoms with Crippen molar-refractivity contribution in [1.29, 1.82) is 0 Å². The number of piperidine rings is 1. The van der Waals surface area contributed by atoms with E-state index in [0.717, 1.165) is 51.6 Å². The molecule has 0 spiro atoms. The zero-order valence-electron chi connectivity index (χ0n) is 16.0. The Balaban J connectivity index is 1.31. The zero-order chi connectivity index (χ0) is 19.0. The summed E-state index contributed by atoms with van der Waals surface area (Å²) in [6, 6.07) is 7.76. The number of benzene rings is 1. The number of likely N-dealkylation sites (tertiary alicyclic amines) is 1. The molecular formula is C22H29NO4. The van der Waals surface area contributed by atoms with Gasteiger partial charge in [-0.3, -0.25) is 9.69 Å². The van der Waals surface area contributed by atoms with Crippen LogP contribution in [0.1, 0.15) is 67.3 Å². The molecule has 4 rings (SSSR count). The van der Waals surface area contributed by atoms with Crippen LogP contribution < -0.4 is 0 Å². The highest BCUT2D eigenvalue weighted by Crippen LogP contribution is 2.47. The van der Waals surface area contributed by atoms with Gasteiger partial charge in [-0.05, 0) is 88.1 Å². The van der Waals surface area contributed by atoms with Gasteiger partial charge in [0.2, 0.25) is 0 Å². The van der Waals surface area contributed by atoms with Crippen LogP contribution in [0.15, 0.2) is 24.3 Å². The second-order valence-electron chi connectivity index (χ2n) is 8.46. The van der Waals surface area contributed by atoms with E-state index in [2.05, 4.69) is 4.90 Å². The predicted molar refractivity (Wildman–Crippen MR) is 102 cm³/mol. The van der Waals surface area contributed by atoms with Gasteiger partial charge in [-0.1, -0.05) is 12.1 Å². The fourth-order valence-electron chi connectivity index (χ4n) is 5.00. The number of hydrogen-bond donors (Lipinski definition) is 1. The minimum absolute atomic E-state index is 0.215. The zero-order valence-corrected chi connectivity index (χ0v) is 16.0. The van der Waals surface area contributed by atoms with Gasteiger partial charge < -0.3 is 9.84 Å². The summed E-state index contributed by atoms with van der Waals surface area (Å²) < 4.78 is 6.22. The third-order valence-corrected chi connectivity index (χ3v) is 6.89. The molecule has 0 bridgehead atoms. The summed E-state index contributed by atoms with van der Waals surface area (Å²) in [5.74, 6) is 0.292. The van der Waals surface area contributed by atoms with Crippen molar-refractivity contribution < 1.29 is 19.4 Å². The lowest BCUT2D eigenvalue weighted by Gasteiger charge is -2.44. The van der Waals surface area contributed by atoms with Crippen molar-refractivity contribution in [3.05, 3.63) is 35.4 Å². The van der Waals surface area contributed by atoms with E-state index in [1.165, 1.54) is 5.56 Å². The molecule has 0 amide bonds. The van der Waals surface area contributed by atoms with Crippen molar-refractivity contribution in [3.63, 3.8) is 0 Å². The Hall–Kier alpha value is -1.72. The molecule has 2 atom stereocenters. The van der Waals surface area contributed by atoms with E-state index in [0.29, 0.717) is 30.0 Å². The fraction of sp³-hybridized carbons (Fsp3) is 0.636. The number of ketones is 1. The van der Waals surface area contributed by atoms with Gasteiger partial charge in [0.25, 0.3) is 0 Å². The summed E-state index contributed by atoms with van der Waals surface area (Å²) in [5.41, 5.74) is 1.10. The van der Waals surface area contributed by atoms with Crippen molar-refractivity contribution in [2.24, 2.45) is 5.92 Å². The molecule has 0 aromatic heterocycles. The largest absolute Gasteiger partial charge is 0.478 e. The lowest BCUT2D eigenvalue weighted by Crippen LogP contribution is -2.53. The minimum Gasteiger partial charge on any atom is -0.478 e. The SMILES string of the molecule is CC(=O)[C@@]1(C2CC2)CC[C@@H](N2CCC(c3ccc(C(=O)O)cc3)CC2)CO1. The molecule has 2 saturated heterocycles. The van der Waals surface area contributed by atoms with Crippen LogP contribution in [0.25, 0.3) is 0 Å². The Labute approximate surface area is 160 Å². The molecule has 0 radical (unpaired) electrons. The number of aromatic carboxylic acids is 1. The first-order chi connectivity index (χ1) is 13.0. The maximum absolute atomic E-state index is 12.2. The van der Waals surface area contributed by atoms with Crippen molar-refractivity contribution in [1.82, 2.24) is 4.90 Å². The average molecular weight is 371 g/mol. The third-order valence-electron chi connectivity index (χ3n) is 6.89. The summed E-state index contributed by atoms with van der Waals surface area (Å²) in [6.45, 7) is 4.44. The standard InChI is InChI=1S/C22H29NO4/c1-15(24)22(19-6-7-19)11-8-20(14-27-22)23-12-9-17(10-13-23)16-2-4-18(5-3-16)21(25)26/h2-5,17,19-20H,6-14H2,1H3,(H,25,26)/t20-,22-/m1/s1. The van der Waals surface area contributed by atoms with E-state index in [1.807, 2.05) is 12.1 Å². The summed E-state index contributed by atoms with van der Waals surface area (Å²) in [4.78, 5) is 25.7. The second-order valence-corrected chi connectivity index (χ2v) is 8.46. The molecule has 146 valence electrons. The lowest BCUT2D eigenvalue weighted by molar-refractivity contribution is -0.160. The van der Waals surface area contributed by atoms with Crippen LogP contribution in [0, 0.1) is 5.92 Å². The molecule has 2 heterocycles. The van der Waals surface area contributed by atoms with Crippen LogP contribution in [-0.4, -0.2) is 53.1 Å². The van der Waals surface area contributed by atoms with E-state index in [1.54, 1.807) is 19.1 Å². The number of carboxylic acids is 1. The molecule has 3 fully saturated rings. The number of carbonyl (C=O) groups is 2. The molecule has 0 unspecified atom stereocenters. The van der Waals surface area contributed by atoms with E-state index in [-0.39, 0.29) is 5.78 Å². The van der Waals surface area contributed by atoms with Crippen LogP contribution in [0.4, 0.5) is 0 Å². The van der Waals surface area contributed by atoms with E-state index in [9.17, 15) is 9.59 Å². The summed E-state index contributed by atoms with van der Waals surface area (Å²) >= 11 is 0. The van der Waals surface area contributed by atoms with Crippen LogP contribution in [0.3, 0.4) is 0 Å². The smallest absolute Gasteiger partial charge is 0.335 e. The highest BCUT2D eigenvalue weighted by Gasteiger charge is 2.52. The molecule has 1 aromatic rings. The molecular weight excluding hydrogens is 342 g/mol. The quantitative estimate of drug-likeness (QED) is 0.858. The highest BCUT2D eigenvalue weighted by atomic mass is 16.5.